The summed E-state index contributed by atoms with van der Waals surface area (Å²) >= 11 is 0. The van der Waals surface area contributed by atoms with Crippen molar-refractivity contribution in [1.82, 2.24) is 10.6 Å². The summed E-state index contributed by atoms with van der Waals surface area (Å²) in [7, 11) is 0. The molecule has 0 aromatic heterocycles. The second kappa shape index (κ2) is 4.78. The molecule has 15 heavy (non-hydrogen) atoms. The molecule has 0 bridgehead atoms. The lowest BCUT2D eigenvalue weighted by atomic mass is 10.2. The molecule has 1 heterocycles. The van der Waals surface area contributed by atoms with E-state index in [1.165, 1.54) is 0 Å². The fraction of sp³-hybridized carbons (Fsp3) is 0.875. The van der Waals surface area contributed by atoms with E-state index >= 15 is 0 Å². The molecule has 0 aromatic carbocycles. The first kappa shape index (κ1) is 12.2. The lowest BCUT2D eigenvalue weighted by Gasteiger charge is -2.17. The number of carbonyl (C=O) groups is 1. The molecule has 1 rings (SSSR count). The van der Waals surface area contributed by atoms with Crippen LogP contribution in [0.25, 0.3) is 0 Å². The largest absolute Gasteiger partial charge is 0.348 e. The van der Waals surface area contributed by atoms with E-state index in [1.54, 1.807) is 0 Å². The zero-order valence-electron chi connectivity index (χ0n) is 7.90. The quantitative estimate of drug-likeness (QED) is 0.697. The van der Waals surface area contributed by atoms with Crippen LogP contribution in [0.3, 0.4) is 0 Å². The molecule has 2 N–H and O–H groups in total. The molecule has 1 aliphatic rings. The summed E-state index contributed by atoms with van der Waals surface area (Å²) in [5.74, 6) is -4.80. The molecule has 7 heteroatoms. The summed E-state index contributed by atoms with van der Waals surface area (Å²) in [5.41, 5.74) is 0. The van der Waals surface area contributed by atoms with Crippen molar-refractivity contribution in [2.45, 2.75) is 31.2 Å². The van der Waals surface area contributed by atoms with Gasteiger partial charge in [0.05, 0.1) is 12.6 Å². The molecule has 0 aliphatic carbocycles. The van der Waals surface area contributed by atoms with Crippen molar-refractivity contribution in [2.75, 3.05) is 13.1 Å². The Morgan fingerprint density at radius 1 is 1.53 bits per heavy atom. The fourth-order valence-corrected chi connectivity index (χ4v) is 1.31. The van der Waals surface area contributed by atoms with Crippen LogP contribution in [0, 0.1) is 0 Å². The van der Waals surface area contributed by atoms with E-state index < -0.39 is 30.8 Å². The van der Waals surface area contributed by atoms with Gasteiger partial charge in [0.15, 0.2) is 0 Å². The third-order valence-electron chi connectivity index (χ3n) is 2.19. The van der Waals surface area contributed by atoms with Gasteiger partial charge in [0.1, 0.15) is 0 Å². The highest BCUT2D eigenvalue weighted by Crippen LogP contribution is 2.21. The number of rotatable bonds is 4. The van der Waals surface area contributed by atoms with Crippen molar-refractivity contribution in [3.8, 4) is 0 Å². The van der Waals surface area contributed by atoms with Gasteiger partial charge in [-0.05, 0) is 19.4 Å². The van der Waals surface area contributed by atoms with Gasteiger partial charge in [0.2, 0.25) is 5.91 Å². The molecule has 0 spiro atoms. The van der Waals surface area contributed by atoms with Gasteiger partial charge in [0, 0.05) is 0 Å². The summed E-state index contributed by atoms with van der Waals surface area (Å²) in [5, 5.41) is 4.59. The van der Waals surface area contributed by atoms with Crippen LogP contribution in [0.15, 0.2) is 0 Å². The van der Waals surface area contributed by atoms with Crippen molar-refractivity contribution in [2.24, 2.45) is 0 Å². The number of alkyl halides is 4. The zero-order chi connectivity index (χ0) is 11.5. The van der Waals surface area contributed by atoms with Crippen LogP contribution < -0.4 is 10.6 Å². The highest BCUT2D eigenvalue weighted by molar-refractivity contribution is 5.82. The Morgan fingerprint density at radius 2 is 2.20 bits per heavy atom. The van der Waals surface area contributed by atoms with Crippen molar-refractivity contribution in [1.29, 1.82) is 0 Å². The van der Waals surface area contributed by atoms with Crippen LogP contribution in [0.4, 0.5) is 17.6 Å². The number of hydrogen-bond donors (Lipinski definition) is 2. The first-order chi connectivity index (χ1) is 6.93. The number of amides is 1. The molecule has 1 fully saturated rings. The molecule has 0 aromatic rings. The van der Waals surface area contributed by atoms with E-state index in [4.69, 9.17) is 0 Å². The van der Waals surface area contributed by atoms with Crippen molar-refractivity contribution < 1.29 is 22.4 Å². The number of hydrogen-bond acceptors (Lipinski definition) is 2. The van der Waals surface area contributed by atoms with Gasteiger partial charge in [-0.15, -0.1) is 0 Å². The molecule has 1 amide bonds. The average Bonchev–Trinajstić information content (AvgIpc) is 2.66. The SMILES string of the molecule is O=C(NCC(F)(F)C(F)F)C1CCCN1. The first-order valence-corrected chi connectivity index (χ1v) is 4.60. The Balaban J connectivity index is 2.33. The molecular weight excluding hydrogens is 216 g/mol. The Labute approximate surface area is 84.2 Å². The third kappa shape index (κ3) is 3.33. The van der Waals surface area contributed by atoms with Gasteiger partial charge in [-0.3, -0.25) is 4.79 Å². The maximum absolute atomic E-state index is 12.4. The second-order valence-electron chi connectivity index (χ2n) is 3.43. The summed E-state index contributed by atoms with van der Waals surface area (Å²) in [6.45, 7) is -0.676. The van der Waals surface area contributed by atoms with Gasteiger partial charge >= 0.3 is 12.3 Å². The van der Waals surface area contributed by atoms with Gasteiger partial charge in [0.25, 0.3) is 0 Å². The van der Waals surface area contributed by atoms with Crippen LogP contribution in [-0.2, 0) is 4.79 Å². The van der Waals surface area contributed by atoms with Gasteiger partial charge in [-0.1, -0.05) is 0 Å². The van der Waals surface area contributed by atoms with Crippen molar-refractivity contribution >= 4 is 5.91 Å². The van der Waals surface area contributed by atoms with Crippen LogP contribution in [0.5, 0.6) is 0 Å². The van der Waals surface area contributed by atoms with E-state index in [9.17, 15) is 22.4 Å². The minimum absolute atomic E-state index is 0.529. The standard InChI is InChI=1S/C8H12F4N2O/c9-7(10)8(11,12)4-14-6(15)5-2-1-3-13-5/h5,7,13H,1-4H2,(H,14,15). The third-order valence-corrected chi connectivity index (χ3v) is 2.19. The molecule has 1 saturated heterocycles. The molecule has 88 valence electrons. The van der Waals surface area contributed by atoms with Crippen molar-refractivity contribution in [3.05, 3.63) is 0 Å². The molecule has 0 saturated carbocycles. The fourth-order valence-electron chi connectivity index (χ4n) is 1.31. The Morgan fingerprint density at radius 3 is 2.67 bits per heavy atom. The Hall–Kier alpha value is -0.850. The summed E-state index contributed by atoms with van der Waals surface area (Å²) in [4.78, 5) is 11.2. The van der Waals surface area contributed by atoms with Crippen LogP contribution in [0.1, 0.15) is 12.8 Å². The smallest absolute Gasteiger partial charge is 0.324 e. The van der Waals surface area contributed by atoms with E-state index in [0.29, 0.717) is 13.0 Å². The molecule has 1 atom stereocenters. The summed E-state index contributed by atoms with van der Waals surface area (Å²) in [6, 6.07) is -0.529. The first-order valence-electron chi connectivity index (χ1n) is 4.60. The lowest BCUT2D eigenvalue weighted by molar-refractivity contribution is -0.137. The number of nitrogens with one attached hydrogen (secondary N) is 2. The maximum Gasteiger partial charge on any atom is 0.324 e. The van der Waals surface area contributed by atoms with Crippen LogP contribution in [-0.4, -0.2) is 37.4 Å². The number of halogens is 4. The van der Waals surface area contributed by atoms with E-state index in [0.717, 1.165) is 6.42 Å². The van der Waals surface area contributed by atoms with Crippen molar-refractivity contribution in [3.63, 3.8) is 0 Å². The summed E-state index contributed by atoms with van der Waals surface area (Å²) in [6.07, 6.45) is -2.43. The highest BCUT2D eigenvalue weighted by Gasteiger charge is 2.41. The van der Waals surface area contributed by atoms with Gasteiger partial charge in [-0.25, -0.2) is 8.78 Å². The summed E-state index contributed by atoms with van der Waals surface area (Å²) < 4.78 is 48.3. The Bertz CT molecular complexity index is 229. The number of carbonyl (C=O) groups excluding carboxylic acids is 1. The average molecular weight is 228 g/mol. The molecular formula is C8H12F4N2O. The zero-order valence-corrected chi connectivity index (χ0v) is 7.90. The topological polar surface area (TPSA) is 41.1 Å². The second-order valence-corrected chi connectivity index (χ2v) is 3.43. The monoisotopic (exact) mass is 228 g/mol. The van der Waals surface area contributed by atoms with E-state index in [1.807, 2.05) is 5.32 Å². The molecule has 0 radical (unpaired) electrons. The van der Waals surface area contributed by atoms with Crippen LogP contribution in [0.2, 0.25) is 0 Å². The van der Waals surface area contributed by atoms with Gasteiger partial charge < -0.3 is 10.6 Å². The molecule has 3 nitrogen and oxygen atoms in total. The molecule has 1 unspecified atom stereocenters. The minimum Gasteiger partial charge on any atom is -0.348 e. The van der Waals surface area contributed by atoms with Crippen LogP contribution >= 0.6 is 0 Å². The normalized spacial score (nSPS) is 22.1. The maximum atomic E-state index is 12.4. The minimum atomic E-state index is -4.16. The van der Waals surface area contributed by atoms with Gasteiger partial charge in [-0.2, -0.15) is 8.78 Å². The lowest BCUT2D eigenvalue weighted by Crippen LogP contribution is -2.47. The molecule has 1 aliphatic heterocycles. The van der Waals surface area contributed by atoms with E-state index in [-0.39, 0.29) is 0 Å². The van der Waals surface area contributed by atoms with E-state index in [2.05, 4.69) is 5.32 Å². The highest BCUT2D eigenvalue weighted by atomic mass is 19.3. The Kier molecular flexibility index (Phi) is 3.90. The predicted molar refractivity (Wildman–Crippen MR) is 45.0 cm³/mol. The predicted octanol–water partition coefficient (Wildman–Crippen LogP) is 0.755.